The van der Waals surface area contributed by atoms with Gasteiger partial charge in [0.05, 0.1) is 5.41 Å². The topological polar surface area (TPSA) is 84.7 Å². The molecule has 6 nitrogen and oxygen atoms in total. The number of nitrogens with two attached hydrogens (primary N) is 1. The summed E-state index contributed by atoms with van der Waals surface area (Å²) in [5, 5.41) is 2.96. The maximum absolute atomic E-state index is 13.0. The Bertz CT molecular complexity index is 896. The Morgan fingerprint density at radius 3 is 2.62 bits per heavy atom. The van der Waals surface area contributed by atoms with Crippen LogP contribution in [0.1, 0.15) is 28.8 Å². The summed E-state index contributed by atoms with van der Waals surface area (Å²) in [7, 11) is 0. The van der Waals surface area contributed by atoms with Crippen molar-refractivity contribution in [2.24, 2.45) is 11.1 Å². The molecule has 0 bridgehead atoms. The van der Waals surface area contributed by atoms with Gasteiger partial charge in [-0.15, -0.1) is 12.4 Å². The highest BCUT2D eigenvalue weighted by Gasteiger charge is 2.38. The number of nitrogens with one attached hydrogen (secondary N) is 1. The van der Waals surface area contributed by atoms with E-state index < -0.39 is 5.41 Å². The second-order valence-corrected chi connectivity index (χ2v) is 7.47. The monoisotopic (exact) mass is 415 g/mol. The molecule has 2 aliphatic heterocycles. The van der Waals surface area contributed by atoms with Gasteiger partial charge >= 0.3 is 0 Å². The molecule has 29 heavy (non-hydrogen) atoms. The number of anilines is 2. The molecule has 0 aromatic heterocycles. The van der Waals surface area contributed by atoms with Crippen LogP contribution < -0.4 is 16.0 Å². The lowest BCUT2D eigenvalue weighted by Crippen LogP contribution is -2.46. The largest absolute Gasteiger partial charge is 0.381 e. The lowest BCUT2D eigenvalue weighted by molar-refractivity contribution is -0.130. The zero-order valence-electron chi connectivity index (χ0n) is 16.2. The molecule has 4 rings (SSSR count). The summed E-state index contributed by atoms with van der Waals surface area (Å²) in [5.41, 5.74) is 8.64. The zero-order valence-corrected chi connectivity index (χ0v) is 17.0. The summed E-state index contributed by atoms with van der Waals surface area (Å²) in [6.07, 6.45) is 2.08. The molecule has 1 saturated heterocycles. The zero-order chi connectivity index (χ0) is 19.6. The lowest BCUT2D eigenvalue weighted by Gasteiger charge is -2.34. The fourth-order valence-corrected chi connectivity index (χ4v) is 3.98. The minimum atomic E-state index is -0.605. The minimum Gasteiger partial charge on any atom is -0.381 e. The van der Waals surface area contributed by atoms with Gasteiger partial charge in [-0.1, -0.05) is 24.3 Å². The number of benzene rings is 2. The third-order valence-corrected chi connectivity index (χ3v) is 5.82. The van der Waals surface area contributed by atoms with Crippen molar-refractivity contribution >= 4 is 35.6 Å². The predicted molar refractivity (Wildman–Crippen MR) is 116 cm³/mol. The van der Waals surface area contributed by atoms with Gasteiger partial charge in [-0.2, -0.15) is 0 Å². The second kappa shape index (κ2) is 8.95. The van der Waals surface area contributed by atoms with Gasteiger partial charge in [0.25, 0.3) is 5.91 Å². The summed E-state index contributed by atoms with van der Waals surface area (Å²) in [4.78, 5) is 27.7. The standard InChI is InChI=1S/C22H25N3O3.ClH/c23-15-22(9-12-28-13-10-22)21(27)24-18-6-3-5-17(14-18)20(26)25-11-8-16-4-1-2-7-19(16)25;/h1-7,14H,8-13,15,23H2,(H,24,27);1H. The smallest absolute Gasteiger partial charge is 0.258 e. The molecular weight excluding hydrogens is 390 g/mol. The summed E-state index contributed by atoms with van der Waals surface area (Å²) in [5.74, 6) is -0.157. The Hall–Kier alpha value is -2.41. The van der Waals surface area contributed by atoms with Crippen LogP contribution >= 0.6 is 12.4 Å². The van der Waals surface area contributed by atoms with Crippen LogP contribution in [0.2, 0.25) is 0 Å². The number of rotatable bonds is 4. The van der Waals surface area contributed by atoms with E-state index in [1.807, 2.05) is 18.2 Å². The third-order valence-electron chi connectivity index (χ3n) is 5.82. The van der Waals surface area contributed by atoms with Crippen molar-refractivity contribution in [3.05, 3.63) is 59.7 Å². The van der Waals surface area contributed by atoms with Crippen molar-refractivity contribution in [3.8, 4) is 0 Å². The van der Waals surface area contributed by atoms with Crippen LogP contribution in [0.3, 0.4) is 0 Å². The molecule has 2 aromatic rings. The van der Waals surface area contributed by atoms with E-state index >= 15 is 0 Å². The molecule has 154 valence electrons. The number of carbonyl (C=O) groups is 2. The molecular formula is C22H26ClN3O3. The van der Waals surface area contributed by atoms with Crippen LogP contribution in [0.15, 0.2) is 48.5 Å². The molecule has 3 N–H and O–H groups in total. The first-order chi connectivity index (χ1) is 13.6. The van der Waals surface area contributed by atoms with Crippen molar-refractivity contribution in [2.45, 2.75) is 19.3 Å². The van der Waals surface area contributed by atoms with Gasteiger partial charge in [0.15, 0.2) is 0 Å². The first-order valence-electron chi connectivity index (χ1n) is 9.72. The predicted octanol–water partition coefficient (Wildman–Crippen LogP) is 3.01. The SMILES string of the molecule is Cl.NCC1(C(=O)Nc2cccc(C(=O)N3CCc4ccccc43)c2)CCOCC1. The maximum Gasteiger partial charge on any atom is 0.258 e. The molecule has 1 fully saturated rings. The number of amides is 2. The normalized spacial score (nSPS) is 17.2. The van der Waals surface area contributed by atoms with Crippen molar-refractivity contribution in [1.82, 2.24) is 0 Å². The van der Waals surface area contributed by atoms with Crippen LogP contribution in [-0.4, -0.2) is 38.1 Å². The number of hydrogen-bond donors (Lipinski definition) is 2. The average Bonchev–Trinajstić information content (AvgIpc) is 3.18. The number of hydrogen-bond acceptors (Lipinski definition) is 4. The highest BCUT2D eigenvalue weighted by Crippen LogP contribution is 2.32. The Morgan fingerprint density at radius 2 is 1.86 bits per heavy atom. The molecule has 7 heteroatoms. The van der Waals surface area contributed by atoms with E-state index in [9.17, 15) is 9.59 Å². The highest BCUT2D eigenvalue weighted by molar-refractivity contribution is 6.08. The Morgan fingerprint density at radius 1 is 1.10 bits per heavy atom. The lowest BCUT2D eigenvalue weighted by atomic mass is 9.79. The first-order valence-corrected chi connectivity index (χ1v) is 9.72. The van der Waals surface area contributed by atoms with Gasteiger partial charge < -0.3 is 20.7 Å². The van der Waals surface area contributed by atoms with Gasteiger partial charge in [-0.05, 0) is 49.1 Å². The van der Waals surface area contributed by atoms with Crippen LogP contribution in [-0.2, 0) is 16.0 Å². The van der Waals surface area contributed by atoms with Crippen LogP contribution in [0, 0.1) is 5.41 Å². The fourth-order valence-electron chi connectivity index (χ4n) is 3.98. The van der Waals surface area contributed by atoms with Gasteiger partial charge in [0.2, 0.25) is 5.91 Å². The summed E-state index contributed by atoms with van der Waals surface area (Å²) in [6.45, 7) is 2.03. The van der Waals surface area contributed by atoms with Crippen molar-refractivity contribution < 1.29 is 14.3 Å². The van der Waals surface area contributed by atoms with E-state index in [-0.39, 0.29) is 30.8 Å². The van der Waals surface area contributed by atoms with Crippen LogP contribution in [0.25, 0.3) is 0 Å². The Kier molecular flexibility index (Phi) is 6.57. The molecule has 0 saturated carbocycles. The van der Waals surface area contributed by atoms with E-state index in [4.69, 9.17) is 10.5 Å². The molecule has 0 aliphatic carbocycles. The molecule has 2 heterocycles. The molecule has 2 amide bonds. The van der Waals surface area contributed by atoms with Crippen molar-refractivity contribution in [2.75, 3.05) is 36.5 Å². The summed E-state index contributed by atoms with van der Waals surface area (Å²) in [6, 6.07) is 15.1. The van der Waals surface area contributed by atoms with E-state index in [1.54, 1.807) is 29.2 Å². The number of para-hydroxylation sites is 1. The van der Waals surface area contributed by atoms with Gasteiger partial charge in [0.1, 0.15) is 0 Å². The van der Waals surface area contributed by atoms with Gasteiger partial charge in [-0.25, -0.2) is 0 Å². The Balaban J connectivity index is 0.00000240. The van der Waals surface area contributed by atoms with Crippen LogP contribution in [0.5, 0.6) is 0 Å². The van der Waals surface area contributed by atoms with Gasteiger partial charge in [-0.3, -0.25) is 9.59 Å². The molecule has 0 atom stereocenters. The molecule has 0 radical (unpaired) electrons. The average molecular weight is 416 g/mol. The van der Waals surface area contributed by atoms with Crippen LogP contribution in [0.4, 0.5) is 11.4 Å². The van der Waals surface area contributed by atoms with E-state index in [0.29, 0.717) is 43.9 Å². The third kappa shape index (κ3) is 4.15. The summed E-state index contributed by atoms with van der Waals surface area (Å²) >= 11 is 0. The quantitative estimate of drug-likeness (QED) is 0.803. The van der Waals surface area contributed by atoms with E-state index in [2.05, 4.69) is 11.4 Å². The van der Waals surface area contributed by atoms with Crippen molar-refractivity contribution in [3.63, 3.8) is 0 Å². The summed E-state index contributed by atoms with van der Waals surface area (Å²) < 4.78 is 5.38. The molecule has 2 aliphatic rings. The van der Waals surface area contributed by atoms with Gasteiger partial charge in [0, 0.05) is 43.2 Å². The highest BCUT2D eigenvalue weighted by atomic mass is 35.5. The second-order valence-electron chi connectivity index (χ2n) is 7.47. The number of fused-ring (bicyclic) bond motifs is 1. The van der Waals surface area contributed by atoms with E-state index in [1.165, 1.54) is 5.56 Å². The number of halogens is 1. The molecule has 0 unspecified atom stereocenters. The van der Waals surface area contributed by atoms with E-state index in [0.717, 1.165) is 12.1 Å². The minimum absolute atomic E-state index is 0. The number of carbonyl (C=O) groups excluding carboxylic acids is 2. The molecule has 2 aromatic carbocycles. The molecule has 0 spiro atoms. The number of nitrogens with zero attached hydrogens (tertiary/aromatic N) is 1. The van der Waals surface area contributed by atoms with Crippen molar-refractivity contribution in [1.29, 1.82) is 0 Å². The number of ether oxygens (including phenoxy) is 1. The maximum atomic E-state index is 13.0. The fraction of sp³-hybridized carbons (Fsp3) is 0.364. The Labute approximate surface area is 176 Å². The first kappa shape index (κ1) is 21.3.